The number of nitrogens with zero attached hydrogens (tertiary/aromatic N) is 4. The van der Waals surface area contributed by atoms with Gasteiger partial charge in [0.15, 0.2) is 5.69 Å². The fraction of sp³-hybridized carbons (Fsp3) is 0.562. The molecule has 1 fully saturated rings. The Morgan fingerprint density at radius 1 is 1.36 bits per heavy atom. The van der Waals surface area contributed by atoms with Crippen molar-refractivity contribution in [3.63, 3.8) is 0 Å². The Morgan fingerprint density at radius 2 is 2.12 bits per heavy atom. The highest BCUT2D eigenvalue weighted by Gasteiger charge is 2.37. The lowest BCUT2D eigenvalue weighted by Gasteiger charge is -2.07. The summed E-state index contributed by atoms with van der Waals surface area (Å²) in [5, 5.41) is 10.6. The molecule has 2 heterocycles. The second-order valence-corrected chi connectivity index (χ2v) is 6.14. The monoisotopic (exact) mass is 355 g/mol. The summed E-state index contributed by atoms with van der Waals surface area (Å²) in [5.74, 6) is -0.110. The molecule has 0 unspecified atom stereocenters. The third-order valence-electron chi connectivity index (χ3n) is 4.13. The summed E-state index contributed by atoms with van der Waals surface area (Å²) in [6.45, 7) is 3.15. The van der Waals surface area contributed by atoms with Crippen LogP contribution >= 0.6 is 0 Å². The van der Waals surface area contributed by atoms with E-state index in [1.165, 1.54) is 4.68 Å². The molecule has 6 nitrogen and oxygen atoms in total. The average molecular weight is 355 g/mol. The van der Waals surface area contributed by atoms with E-state index in [9.17, 15) is 18.0 Å². The number of nitrogens with one attached hydrogen (secondary N) is 1. The van der Waals surface area contributed by atoms with Crippen LogP contribution in [-0.4, -0.2) is 25.5 Å². The first kappa shape index (κ1) is 17.5. The number of alkyl halides is 3. The van der Waals surface area contributed by atoms with Gasteiger partial charge in [0.1, 0.15) is 0 Å². The Balaban J connectivity index is 1.55. The van der Waals surface area contributed by atoms with Gasteiger partial charge in [0.05, 0.1) is 12.2 Å². The van der Waals surface area contributed by atoms with E-state index < -0.39 is 11.9 Å². The van der Waals surface area contributed by atoms with Gasteiger partial charge in [0.2, 0.25) is 5.91 Å². The minimum atomic E-state index is -4.46. The van der Waals surface area contributed by atoms with Gasteiger partial charge >= 0.3 is 6.18 Å². The number of carbonyl (C=O) groups is 1. The van der Waals surface area contributed by atoms with Crippen molar-refractivity contribution in [3.8, 4) is 0 Å². The van der Waals surface area contributed by atoms with Crippen LogP contribution in [0.15, 0.2) is 18.3 Å². The zero-order valence-corrected chi connectivity index (χ0v) is 13.9. The van der Waals surface area contributed by atoms with Crippen LogP contribution in [0.5, 0.6) is 0 Å². The summed E-state index contributed by atoms with van der Waals surface area (Å²) in [6.07, 6.45) is -0.821. The van der Waals surface area contributed by atoms with Gasteiger partial charge in [0, 0.05) is 37.3 Å². The smallest absolute Gasteiger partial charge is 0.350 e. The van der Waals surface area contributed by atoms with E-state index in [4.69, 9.17) is 0 Å². The van der Waals surface area contributed by atoms with Crippen molar-refractivity contribution in [2.24, 2.45) is 0 Å². The van der Waals surface area contributed by atoms with Crippen molar-refractivity contribution in [2.45, 2.75) is 57.9 Å². The van der Waals surface area contributed by atoms with Gasteiger partial charge in [-0.2, -0.15) is 23.4 Å². The highest BCUT2D eigenvalue weighted by molar-refractivity contribution is 5.75. The maximum Gasteiger partial charge on any atom is 0.435 e. The van der Waals surface area contributed by atoms with Crippen molar-refractivity contribution >= 4 is 5.91 Å². The van der Waals surface area contributed by atoms with Crippen LogP contribution in [-0.2, 0) is 30.6 Å². The van der Waals surface area contributed by atoms with Gasteiger partial charge in [0.25, 0.3) is 0 Å². The molecule has 1 saturated carbocycles. The largest absolute Gasteiger partial charge is 0.435 e. The number of hydrogen-bond acceptors (Lipinski definition) is 3. The molecule has 0 radical (unpaired) electrons. The molecule has 0 aromatic carbocycles. The van der Waals surface area contributed by atoms with Crippen LogP contribution in [0.4, 0.5) is 13.2 Å². The Morgan fingerprint density at radius 3 is 2.72 bits per heavy atom. The molecule has 1 aliphatic rings. The van der Waals surface area contributed by atoms with E-state index in [2.05, 4.69) is 15.5 Å². The topological polar surface area (TPSA) is 64.7 Å². The van der Waals surface area contributed by atoms with Gasteiger partial charge in [-0.3, -0.25) is 14.2 Å². The van der Waals surface area contributed by atoms with Crippen LogP contribution in [0.3, 0.4) is 0 Å². The molecule has 9 heteroatoms. The van der Waals surface area contributed by atoms with Gasteiger partial charge in [-0.25, -0.2) is 0 Å². The van der Waals surface area contributed by atoms with Crippen LogP contribution in [0.1, 0.15) is 49.2 Å². The predicted molar refractivity (Wildman–Crippen MR) is 83.6 cm³/mol. The summed E-state index contributed by atoms with van der Waals surface area (Å²) in [6, 6.07) is 2.92. The molecule has 1 N–H and O–H groups in total. The maximum absolute atomic E-state index is 12.8. The Labute approximate surface area is 143 Å². The van der Waals surface area contributed by atoms with E-state index in [1.807, 2.05) is 19.2 Å². The molecule has 1 amide bonds. The maximum atomic E-state index is 12.8. The molecule has 2 aromatic rings. The van der Waals surface area contributed by atoms with E-state index >= 15 is 0 Å². The molecule has 136 valence electrons. The first-order valence-electron chi connectivity index (χ1n) is 8.30. The number of amides is 1. The van der Waals surface area contributed by atoms with Crippen molar-refractivity contribution in [2.75, 3.05) is 0 Å². The fourth-order valence-corrected chi connectivity index (χ4v) is 2.62. The van der Waals surface area contributed by atoms with Gasteiger partial charge < -0.3 is 5.32 Å². The average Bonchev–Trinajstić information content (AvgIpc) is 3.14. The van der Waals surface area contributed by atoms with Crippen molar-refractivity contribution in [1.82, 2.24) is 24.9 Å². The molecule has 0 atom stereocenters. The van der Waals surface area contributed by atoms with Crippen molar-refractivity contribution in [3.05, 3.63) is 35.4 Å². The number of aryl methyl sites for hydroxylation is 2. The highest BCUT2D eigenvalue weighted by Crippen LogP contribution is 2.42. The molecule has 25 heavy (non-hydrogen) atoms. The lowest BCUT2D eigenvalue weighted by atomic mass is 10.2. The summed E-state index contributed by atoms with van der Waals surface area (Å²) in [7, 11) is 0. The lowest BCUT2D eigenvalue weighted by Crippen LogP contribution is -2.24. The first-order chi connectivity index (χ1) is 11.9. The Kier molecular flexibility index (Phi) is 4.82. The van der Waals surface area contributed by atoms with E-state index in [-0.39, 0.29) is 24.8 Å². The van der Waals surface area contributed by atoms with E-state index in [0.717, 1.165) is 31.1 Å². The first-order valence-corrected chi connectivity index (χ1v) is 8.30. The van der Waals surface area contributed by atoms with Gasteiger partial charge in [-0.05, 0) is 31.9 Å². The molecule has 0 saturated heterocycles. The molecule has 0 aliphatic heterocycles. The molecule has 2 aromatic heterocycles. The highest BCUT2D eigenvalue weighted by atomic mass is 19.4. The van der Waals surface area contributed by atoms with Crippen LogP contribution < -0.4 is 5.32 Å². The molecule has 0 bridgehead atoms. The zero-order valence-electron chi connectivity index (χ0n) is 13.9. The second kappa shape index (κ2) is 6.89. The van der Waals surface area contributed by atoms with Gasteiger partial charge in [-0.15, -0.1) is 0 Å². The molecule has 1 aliphatic carbocycles. The van der Waals surface area contributed by atoms with Crippen molar-refractivity contribution in [1.29, 1.82) is 0 Å². The SMILES string of the molecule is CCn1ccc(CNC(=O)CCn2nc(C(F)(F)F)cc2C2CC2)n1. The van der Waals surface area contributed by atoms with E-state index in [1.54, 1.807) is 4.68 Å². The molecular formula is C16H20F3N5O. The molecular weight excluding hydrogens is 335 g/mol. The van der Waals surface area contributed by atoms with Gasteiger partial charge in [-0.1, -0.05) is 0 Å². The third kappa shape index (κ3) is 4.40. The summed E-state index contributed by atoms with van der Waals surface area (Å²) in [5.41, 5.74) is 0.425. The van der Waals surface area contributed by atoms with Crippen LogP contribution in [0, 0.1) is 0 Å². The standard InChI is InChI=1S/C16H20F3N5O/c1-2-23-7-5-12(21-23)10-20-15(25)6-8-24-13(11-3-4-11)9-14(22-24)16(17,18)19/h5,7,9,11H,2-4,6,8,10H2,1H3,(H,20,25). The summed E-state index contributed by atoms with van der Waals surface area (Å²) >= 11 is 0. The summed E-state index contributed by atoms with van der Waals surface area (Å²) in [4.78, 5) is 12.0. The Hall–Kier alpha value is -2.32. The number of hydrogen-bond donors (Lipinski definition) is 1. The van der Waals surface area contributed by atoms with Crippen LogP contribution in [0.2, 0.25) is 0 Å². The minimum Gasteiger partial charge on any atom is -0.350 e. The number of aromatic nitrogens is 4. The lowest BCUT2D eigenvalue weighted by molar-refractivity contribution is -0.141. The van der Waals surface area contributed by atoms with E-state index in [0.29, 0.717) is 12.2 Å². The van der Waals surface area contributed by atoms with Crippen LogP contribution in [0.25, 0.3) is 0 Å². The second-order valence-electron chi connectivity index (χ2n) is 6.14. The Bertz CT molecular complexity index is 745. The number of rotatable bonds is 7. The fourth-order valence-electron chi connectivity index (χ4n) is 2.62. The number of halogens is 3. The summed E-state index contributed by atoms with van der Waals surface area (Å²) < 4.78 is 41.6. The minimum absolute atomic E-state index is 0.0766. The zero-order chi connectivity index (χ0) is 18.0. The quantitative estimate of drug-likeness (QED) is 0.831. The molecule has 0 spiro atoms. The predicted octanol–water partition coefficient (Wildman–Crippen LogP) is 2.70. The third-order valence-corrected chi connectivity index (χ3v) is 4.13. The normalized spacial score (nSPS) is 14.7. The molecule has 3 rings (SSSR count). The number of carbonyl (C=O) groups excluding carboxylic acids is 1. The van der Waals surface area contributed by atoms with Crippen molar-refractivity contribution < 1.29 is 18.0 Å².